The number of nitrogen functional groups attached to an aromatic ring is 1. The normalized spacial score (nSPS) is 11.9. The Hall–Kier alpha value is -0.480. The van der Waals surface area contributed by atoms with Gasteiger partial charge < -0.3 is 5.73 Å². The molecule has 0 aliphatic rings. The fourth-order valence-electron chi connectivity index (χ4n) is 1.33. The van der Waals surface area contributed by atoms with Gasteiger partial charge in [0.05, 0.1) is 5.69 Å². The topological polar surface area (TPSA) is 85.1 Å². The van der Waals surface area contributed by atoms with E-state index >= 15 is 0 Å². The van der Waals surface area contributed by atoms with Crippen LogP contribution in [0.2, 0.25) is 0 Å². The van der Waals surface area contributed by atoms with E-state index in [9.17, 15) is 8.42 Å². The van der Waals surface area contributed by atoms with Crippen molar-refractivity contribution in [2.45, 2.75) is 17.7 Å². The molecule has 18 heavy (non-hydrogen) atoms. The number of hydrogen-bond donors (Lipinski definition) is 2. The number of hydrogen-bond acceptors (Lipinski definition) is 6. The molecule has 0 unspecified atom stereocenters. The van der Waals surface area contributed by atoms with E-state index in [2.05, 4.69) is 25.6 Å². The molecule has 0 amide bonds. The summed E-state index contributed by atoms with van der Waals surface area (Å²) in [5, 5.41) is 2.15. The van der Waals surface area contributed by atoms with Gasteiger partial charge in [0.25, 0.3) is 10.0 Å². The molecule has 0 aromatic carbocycles. The maximum atomic E-state index is 12.1. The Morgan fingerprint density at radius 1 is 1.56 bits per heavy atom. The van der Waals surface area contributed by atoms with Crippen molar-refractivity contribution in [1.82, 2.24) is 9.71 Å². The summed E-state index contributed by atoms with van der Waals surface area (Å²) in [5.74, 6) is 0. The van der Waals surface area contributed by atoms with E-state index in [1.54, 1.807) is 6.92 Å². The Kier molecular flexibility index (Phi) is 4.07. The molecule has 3 N–H and O–H groups in total. The Morgan fingerprint density at radius 2 is 2.28 bits per heavy atom. The molecule has 9 heteroatoms. The van der Waals surface area contributed by atoms with E-state index in [0.29, 0.717) is 5.69 Å². The van der Waals surface area contributed by atoms with Crippen molar-refractivity contribution < 1.29 is 8.42 Å². The fraction of sp³-hybridized carbons (Fsp3) is 0.222. The molecule has 2 aromatic rings. The predicted octanol–water partition coefficient (Wildman–Crippen LogP) is 2.34. The van der Waals surface area contributed by atoms with Gasteiger partial charge in [-0.1, -0.05) is 11.3 Å². The summed E-state index contributed by atoms with van der Waals surface area (Å²) < 4.78 is 27.7. The van der Waals surface area contributed by atoms with Crippen molar-refractivity contribution in [2.24, 2.45) is 0 Å². The molecule has 2 rings (SSSR count). The summed E-state index contributed by atoms with van der Waals surface area (Å²) in [6, 6.07) is 1.88. The number of nitrogens with zero attached hydrogens (tertiary/aromatic N) is 1. The molecule has 5 nitrogen and oxygen atoms in total. The van der Waals surface area contributed by atoms with E-state index in [4.69, 9.17) is 5.73 Å². The molecule has 0 saturated heterocycles. The van der Waals surface area contributed by atoms with Crippen molar-refractivity contribution in [1.29, 1.82) is 0 Å². The number of aromatic nitrogens is 1. The largest absolute Gasteiger partial charge is 0.375 e. The minimum Gasteiger partial charge on any atom is -0.375 e. The Morgan fingerprint density at radius 3 is 2.78 bits per heavy atom. The highest BCUT2D eigenvalue weighted by Gasteiger charge is 2.21. The van der Waals surface area contributed by atoms with Gasteiger partial charge in [-0.2, -0.15) is 0 Å². The first-order valence-corrected chi connectivity index (χ1v) is 8.82. The average Bonchev–Trinajstić information content (AvgIpc) is 2.82. The van der Waals surface area contributed by atoms with Crippen LogP contribution in [0.5, 0.6) is 0 Å². The van der Waals surface area contributed by atoms with Crippen LogP contribution in [-0.4, -0.2) is 13.4 Å². The van der Waals surface area contributed by atoms with Gasteiger partial charge in [-0.15, -0.1) is 11.3 Å². The Bertz CT molecular complexity index is 662. The summed E-state index contributed by atoms with van der Waals surface area (Å²) in [6.45, 7) is 1.88. The second-order valence-electron chi connectivity index (χ2n) is 3.44. The lowest BCUT2D eigenvalue weighted by Gasteiger charge is -2.04. The lowest BCUT2D eigenvalue weighted by atomic mass is 10.5. The third-order valence-corrected chi connectivity index (χ3v) is 7.05. The fourth-order valence-corrected chi connectivity index (χ4v) is 5.19. The monoisotopic (exact) mass is 367 g/mol. The van der Waals surface area contributed by atoms with Gasteiger partial charge in [0.2, 0.25) is 0 Å². The van der Waals surface area contributed by atoms with Crippen LogP contribution in [0.4, 0.5) is 5.13 Å². The maximum Gasteiger partial charge on any atom is 0.252 e. The van der Waals surface area contributed by atoms with Crippen molar-refractivity contribution >= 4 is 53.8 Å². The number of nitrogens with one attached hydrogen (secondary N) is 1. The summed E-state index contributed by atoms with van der Waals surface area (Å²) in [5.41, 5.74) is 5.93. The molecule has 2 aromatic heterocycles. The summed E-state index contributed by atoms with van der Waals surface area (Å²) in [6.07, 6.45) is 0. The van der Waals surface area contributed by atoms with Crippen LogP contribution in [0.25, 0.3) is 0 Å². The number of sulfonamides is 1. The first-order valence-electron chi connectivity index (χ1n) is 4.84. The zero-order valence-corrected chi connectivity index (χ0v) is 13.3. The second kappa shape index (κ2) is 5.25. The van der Waals surface area contributed by atoms with Crippen LogP contribution in [0.3, 0.4) is 0 Å². The first-order chi connectivity index (χ1) is 8.40. The van der Waals surface area contributed by atoms with Crippen LogP contribution in [-0.2, 0) is 16.6 Å². The summed E-state index contributed by atoms with van der Waals surface area (Å²) >= 11 is 5.81. The van der Waals surface area contributed by atoms with E-state index < -0.39 is 10.0 Å². The van der Waals surface area contributed by atoms with E-state index in [0.717, 1.165) is 20.7 Å². The van der Waals surface area contributed by atoms with Gasteiger partial charge >= 0.3 is 0 Å². The molecule has 98 valence electrons. The molecule has 0 aliphatic carbocycles. The Labute approximate surface area is 121 Å². The zero-order chi connectivity index (χ0) is 13.3. The van der Waals surface area contributed by atoms with E-state index in [-0.39, 0.29) is 15.9 Å². The van der Waals surface area contributed by atoms with Crippen LogP contribution in [0.15, 0.2) is 20.1 Å². The van der Waals surface area contributed by atoms with Gasteiger partial charge in [-0.05, 0) is 34.3 Å². The third kappa shape index (κ3) is 2.91. The lowest BCUT2D eigenvalue weighted by molar-refractivity contribution is 0.583. The van der Waals surface area contributed by atoms with Crippen molar-refractivity contribution in [2.75, 3.05) is 5.73 Å². The number of aryl methyl sites for hydroxylation is 1. The summed E-state index contributed by atoms with van der Waals surface area (Å²) in [4.78, 5) is 4.84. The Balaban J connectivity index is 2.18. The smallest absolute Gasteiger partial charge is 0.252 e. The van der Waals surface area contributed by atoms with Gasteiger partial charge in [0, 0.05) is 15.9 Å². The average molecular weight is 368 g/mol. The van der Waals surface area contributed by atoms with Crippen molar-refractivity contribution in [3.05, 3.63) is 26.5 Å². The highest BCUT2D eigenvalue weighted by atomic mass is 79.9. The predicted molar refractivity (Wildman–Crippen MR) is 77.3 cm³/mol. The first kappa shape index (κ1) is 13.9. The highest BCUT2D eigenvalue weighted by Crippen LogP contribution is 2.26. The molecule has 0 radical (unpaired) electrons. The SMILES string of the molecule is Cc1nc(N)sc1S(=O)(=O)NCc1sccc1Br. The highest BCUT2D eigenvalue weighted by molar-refractivity contribution is 9.10. The number of anilines is 1. The van der Waals surface area contributed by atoms with E-state index in [1.807, 2.05) is 11.4 Å². The number of nitrogens with two attached hydrogens (primary N) is 1. The van der Waals surface area contributed by atoms with E-state index in [1.165, 1.54) is 11.3 Å². The molecule has 0 atom stereocenters. The van der Waals surface area contributed by atoms with Gasteiger partial charge in [0.15, 0.2) is 9.34 Å². The van der Waals surface area contributed by atoms with Crippen molar-refractivity contribution in [3.8, 4) is 0 Å². The molecule has 0 bridgehead atoms. The van der Waals surface area contributed by atoms with Gasteiger partial charge in [-0.3, -0.25) is 0 Å². The van der Waals surface area contributed by atoms with Crippen LogP contribution < -0.4 is 10.5 Å². The molecular formula is C9H10BrN3O2S3. The number of thiophene rings is 1. The minimum absolute atomic E-state index is 0.174. The quantitative estimate of drug-likeness (QED) is 0.868. The summed E-state index contributed by atoms with van der Waals surface area (Å²) in [7, 11) is -3.55. The molecular weight excluding hydrogens is 358 g/mol. The molecule has 2 heterocycles. The van der Waals surface area contributed by atoms with Gasteiger partial charge in [-0.25, -0.2) is 18.1 Å². The number of thiazole rings is 1. The van der Waals surface area contributed by atoms with Crippen molar-refractivity contribution in [3.63, 3.8) is 0 Å². The molecule has 0 saturated carbocycles. The zero-order valence-electron chi connectivity index (χ0n) is 9.31. The third-order valence-electron chi connectivity index (χ3n) is 2.13. The minimum atomic E-state index is -3.55. The van der Waals surface area contributed by atoms with Crippen LogP contribution in [0, 0.1) is 6.92 Å². The number of halogens is 1. The molecule has 0 spiro atoms. The van der Waals surface area contributed by atoms with Crippen LogP contribution in [0.1, 0.15) is 10.6 Å². The molecule has 0 fully saturated rings. The molecule has 0 aliphatic heterocycles. The van der Waals surface area contributed by atoms with Gasteiger partial charge in [0.1, 0.15) is 0 Å². The lowest BCUT2D eigenvalue weighted by Crippen LogP contribution is -2.22. The van der Waals surface area contributed by atoms with Crippen LogP contribution >= 0.6 is 38.6 Å². The standard InChI is InChI=1S/C9H10BrN3O2S3/c1-5-8(17-9(11)13-5)18(14,15)12-4-7-6(10)2-3-16-7/h2-3,12H,4H2,1H3,(H2,11,13). The maximum absolute atomic E-state index is 12.1. The second-order valence-corrected chi connectivity index (χ2v) is 8.29. The number of rotatable bonds is 4.